The van der Waals surface area contributed by atoms with E-state index in [1.165, 1.54) is 5.56 Å². The van der Waals surface area contributed by atoms with E-state index in [0.717, 1.165) is 29.5 Å². The van der Waals surface area contributed by atoms with Crippen molar-refractivity contribution in [1.29, 1.82) is 0 Å². The first-order chi connectivity index (χ1) is 7.75. The van der Waals surface area contributed by atoms with Gasteiger partial charge in [0, 0.05) is 24.0 Å². The second-order valence-electron chi connectivity index (χ2n) is 3.72. The third-order valence-electron chi connectivity index (χ3n) is 2.40. The highest BCUT2D eigenvalue weighted by Crippen LogP contribution is 2.16. The fourth-order valence-electron chi connectivity index (χ4n) is 1.54. The summed E-state index contributed by atoms with van der Waals surface area (Å²) in [7, 11) is 0. The first kappa shape index (κ1) is 11.2. The largest absolute Gasteiger partial charge is 0.348 e. The zero-order chi connectivity index (χ0) is 11.4. The zero-order valence-electron chi connectivity index (χ0n) is 9.13. The van der Waals surface area contributed by atoms with Crippen molar-refractivity contribution in [3.63, 3.8) is 0 Å². The highest BCUT2D eigenvalue weighted by Gasteiger charge is 1.98. The van der Waals surface area contributed by atoms with Crippen LogP contribution in [0.3, 0.4) is 0 Å². The molecule has 0 saturated carbocycles. The van der Waals surface area contributed by atoms with E-state index in [1.54, 1.807) is 6.20 Å². The minimum absolute atomic E-state index is 0.745. The van der Waals surface area contributed by atoms with Crippen molar-refractivity contribution in [3.8, 4) is 0 Å². The summed E-state index contributed by atoms with van der Waals surface area (Å²) in [5.41, 5.74) is 2.34. The normalized spacial score (nSPS) is 10.6. The third-order valence-corrected chi connectivity index (χ3v) is 2.82. The van der Waals surface area contributed by atoms with Crippen LogP contribution in [-0.4, -0.2) is 9.97 Å². The lowest BCUT2D eigenvalue weighted by atomic mass is 10.1. The van der Waals surface area contributed by atoms with Gasteiger partial charge in [0.15, 0.2) is 0 Å². The molecule has 16 heavy (non-hydrogen) atoms. The van der Waals surface area contributed by atoms with Gasteiger partial charge in [0.2, 0.25) is 0 Å². The second-order valence-corrected chi connectivity index (χ2v) is 4.13. The Morgan fingerprint density at radius 2 is 2.25 bits per heavy atom. The molecule has 0 unspecified atom stereocenters. The van der Waals surface area contributed by atoms with Crippen LogP contribution in [0.1, 0.15) is 17.0 Å². The molecule has 2 rings (SSSR count). The number of aromatic nitrogens is 2. The van der Waals surface area contributed by atoms with Crippen LogP contribution >= 0.6 is 11.6 Å². The van der Waals surface area contributed by atoms with E-state index in [2.05, 4.69) is 21.4 Å². The lowest BCUT2D eigenvalue weighted by molar-refractivity contribution is 0.668. The van der Waals surface area contributed by atoms with E-state index in [1.807, 2.05) is 25.3 Å². The summed E-state index contributed by atoms with van der Waals surface area (Å²) in [5.74, 6) is 0.950. The van der Waals surface area contributed by atoms with Gasteiger partial charge >= 0.3 is 0 Å². The average Bonchev–Trinajstić information content (AvgIpc) is 2.76. The molecule has 0 amide bonds. The van der Waals surface area contributed by atoms with E-state index < -0.39 is 0 Å². The molecule has 0 atom stereocenters. The van der Waals surface area contributed by atoms with Gasteiger partial charge in [-0.1, -0.05) is 23.7 Å². The van der Waals surface area contributed by atoms with Crippen LogP contribution in [0.25, 0.3) is 0 Å². The quantitative estimate of drug-likeness (QED) is 0.856. The molecule has 0 saturated heterocycles. The Hall–Kier alpha value is -1.32. The Bertz CT molecular complexity index is 451. The maximum atomic E-state index is 5.96. The Morgan fingerprint density at radius 3 is 2.94 bits per heavy atom. The Balaban J connectivity index is 1.87. The molecule has 2 aromatic rings. The Labute approximate surface area is 99.9 Å². The van der Waals surface area contributed by atoms with Crippen LogP contribution in [0.4, 0.5) is 0 Å². The lowest BCUT2D eigenvalue weighted by Crippen LogP contribution is -2.13. The molecule has 84 valence electrons. The number of benzene rings is 1. The molecule has 0 aliphatic heterocycles. The zero-order valence-corrected chi connectivity index (χ0v) is 9.88. The van der Waals surface area contributed by atoms with Gasteiger partial charge in [0.05, 0.1) is 6.54 Å². The third kappa shape index (κ3) is 2.84. The summed E-state index contributed by atoms with van der Waals surface area (Å²) in [5, 5.41) is 4.13. The summed E-state index contributed by atoms with van der Waals surface area (Å²) in [4.78, 5) is 7.19. The topological polar surface area (TPSA) is 40.7 Å². The standard InChI is InChI=1S/C12H14ClN3/c1-9-6-10(2-3-11(9)13)7-14-8-12-15-4-5-16-12/h2-6,14H,7-8H2,1H3,(H,15,16). The molecule has 1 aromatic carbocycles. The molecular weight excluding hydrogens is 222 g/mol. The lowest BCUT2D eigenvalue weighted by Gasteiger charge is -2.05. The minimum Gasteiger partial charge on any atom is -0.348 e. The first-order valence-corrected chi connectivity index (χ1v) is 5.57. The second kappa shape index (κ2) is 5.14. The molecule has 3 nitrogen and oxygen atoms in total. The van der Waals surface area contributed by atoms with Crippen LogP contribution in [0, 0.1) is 6.92 Å². The molecule has 0 radical (unpaired) electrons. The summed E-state index contributed by atoms with van der Waals surface area (Å²) in [6.07, 6.45) is 3.58. The SMILES string of the molecule is Cc1cc(CNCc2ncc[nH]2)ccc1Cl. The van der Waals surface area contributed by atoms with Gasteiger partial charge < -0.3 is 10.3 Å². The van der Waals surface area contributed by atoms with Crippen LogP contribution < -0.4 is 5.32 Å². The molecule has 1 aromatic heterocycles. The van der Waals surface area contributed by atoms with Crippen molar-refractivity contribution in [3.05, 3.63) is 52.6 Å². The molecule has 0 spiro atoms. The number of nitrogens with zero attached hydrogens (tertiary/aromatic N) is 1. The Morgan fingerprint density at radius 1 is 1.38 bits per heavy atom. The molecule has 0 fully saturated rings. The number of imidazole rings is 1. The van der Waals surface area contributed by atoms with Crippen molar-refractivity contribution in [2.75, 3.05) is 0 Å². The molecule has 0 aliphatic carbocycles. The first-order valence-electron chi connectivity index (χ1n) is 5.20. The average molecular weight is 236 g/mol. The molecule has 2 N–H and O–H groups in total. The maximum absolute atomic E-state index is 5.96. The van der Waals surface area contributed by atoms with Crippen LogP contribution in [-0.2, 0) is 13.1 Å². The number of H-pyrrole nitrogens is 1. The number of nitrogens with one attached hydrogen (secondary N) is 2. The fourth-order valence-corrected chi connectivity index (χ4v) is 1.65. The van der Waals surface area contributed by atoms with E-state index in [0.29, 0.717) is 0 Å². The van der Waals surface area contributed by atoms with E-state index in [9.17, 15) is 0 Å². The van der Waals surface area contributed by atoms with Crippen molar-refractivity contribution in [2.45, 2.75) is 20.0 Å². The van der Waals surface area contributed by atoms with Gasteiger partial charge in [0.1, 0.15) is 5.82 Å². The predicted octanol–water partition coefficient (Wildman–Crippen LogP) is 2.66. The summed E-state index contributed by atoms with van der Waals surface area (Å²) in [6, 6.07) is 6.06. The fraction of sp³-hybridized carbons (Fsp3) is 0.250. The monoisotopic (exact) mass is 235 g/mol. The van der Waals surface area contributed by atoms with Crippen molar-refractivity contribution in [2.24, 2.45) is 0 Å². The molecule has 0 bridgehead atoms. The van der Waals surface area contributed by atoms with Gasteiger partial charge in [-0.25, -0.2) is 4.98 Å². The number of aromatic amines is 1. The van der Waals surface area contributed by atoms with Crippen LogP contribution in [0.15, 0.2) is 30.6 Å². The minimum atomic E-state index is 0.745. The van der Waals surface area contributed by atoms with Gasteiger partial charge in [-0.05, 0) is 24.1 Å². The number of rotatable bonds is 4. The molecule has 4 heteroatoms. The summed E-state index contributed by atoms with van der Waals surface area (Å²) in [6.45, 7) is 3.58. The van der Waals surface area contributed by atoms with Crippen LogP contribution in [0.5, 0.6) is 0 Å². The van der Waals surface area contributed by atoms with Crippen molar-refractivity contribution in [1.82, 2.24) is 15.3 Å². The number of hydrogen-bond acceptors (Lipinski definition) is 2. The summed E-state index contributed by atoms with van der Waals surface area (Å²) >= 11 is 5.96. The highest BCUT2D eigenvalue weighted by molar-refractivity contribution is 6.31. The molecular formula is C12H14ClN3. The number of aryl methyl sites for hydroxylation is 1. The molecule has 0 aliphatic rings. The van der Waals surface area contributed by atoms with Crippen LogP contribution in [0.2, 0.25) is 5.02 Å². The summed E-state index contributed by atoms with van der Waals surface area (Å²) < 4.78 is 0. The number of halogens is 1. The predicted molar refractivity (Wildman–Crippen MR) is 65.3 cm³/mol. The van der Waals surface area contributed by atoms with E-state index in [4.69, 9.17) is 11.6 Å². The van der Waals surface area contributed by atoms with Gasteiger partial charge in [-0.2, -0.15) is 0 Å². The van der Waals surface area contributed by atoms with Gasteiger partial charge in [-0.15, -0.1) is 0 Å². The number of hydrogen-bond donors (Lipinski definition) is 2. The highest BCUT2D eigenvalue weighted by atomic mass is 35.5. The van der Waals surface area contributed by atoms with Crippen molar-refractivity contribution < 1.29 is 0 Å². The van der Waals surface area contributed by atoms with Crippen molar-refractivity contribution >= 4 is 11.6 Å². The van der Waals surface area contributed by atoms with Gasteiger partial charge in [0.25, 0.3) is 0 Å². The molecule has 1 heterocycles. The van der Waals surface area contributed by atoms with Gasteiger partial charge in [-0.3, -0.25) is 0 Å². The Kier molecular flexibility index (Phi) is 3.59. The smallest absolute Gasteiger partial charge is 0.120 e. The van der Waals surface area contributed by atoms with E-state index in [-0.39, 0.29) is 0 Å². The van der Waals surface area contributed by atoms with E-state index >= 15 is 0 Å². The maximum Gasteiger partial charge on any atom is 0.120 e.